The molecule has 0 unspecified atom stereocenters. The molecule has 1 aliphatic carbocycles. The number of halogens is 1. The van der Waals surface area contributed by atoms with Crippen molar-refractivity contribution in [3.05, 3.63) is 76.9 Å². The van der Waals surface area contributed by atoms with Crippen molar-refractivity contribution in [2.45, 2.75) is 51.2 Å². The monoisotopic (exact) mass is 547 g/mol. The van der Waals surface area contributed by atoms with E-state index >= 15 is 0 Å². The van der Waals surface area contributed by atoms with E-state index in [1.807, 2.05) is 25.1 Å². The van der Waals surface area contributed by atoms with E-state index in [-0.39, 0.29) is 5.95 Å². The number of anilines is 1. The van der Waals surface area contributed by atoms with Crippen LogP contribution in [0.15, 0.2) is 61.4 Å². The Morgan fingerprint density at radius 2 is 1.87 bits per heavy atom. The zero-order chi connectivity index (χ0) is 26.6. The van der Waals surface area contributed by atoms with Gasteiger partial charge < -0.3 is 20.7 Å². The number of nitrogen functional groups attached to an aromatic ring is 1. The first-order valence-corrected chi connectivity index (χ1v) is 14.3. The van der Waals surface area contributed by atoms with Gasteiger partial charge in [0.05, 0.1) is 16.5 Å². The van der Waals surface area contributed by atoms with E-state index in [1.54, 1.807) is 23.7 Å². The topological polar surface area (TPSA) is 76.3 Å². The van der Waals surface area contributed by atoms with Crippen LogP contribution in [0.1, 0.15) is 43.0 Å². The molecule has 2 aromatic heterocycles. The van der Waals surface area contributed by atoms with E-state index in [0.29, 0.717) is 25.2 Å². The minimum Gasteiger partial charge on any atom is -0.494 e. The third-order valence-corrected chi connectivity index (χ3v) is 9.12. The van der Waals surface area contributed by atoms with Crippen molar-refractivity contribution in [1.29, 1.82) is 0 Å². The Morgan fingerprint density at radius 3 is 2.55 bits per heavy atom. The molecule has 4 aromatic rings. The van der Waals surface area contributed by atoms with E-state index in [1.165, 1.54) is 4.70 Å². The van der Waals surface area contributed by atoms with Gasteiger partial charge in [-0.3, -0.25) is 0 Å². The Hall–Kier alpha value is -3.13. The second-order valence-corrected chi connectivity index (χ2v) is 11.1. The van der Waals surface area contributed by atoms with Gasteiger partial charge in [-0.1, -0.05) is 42.4 Å². The minimum absolute atomic E-state index is 0.264. The molecule has 0 spiro atoms. The van der Waals surface area contributed by atoms with Crippen molar-refractivity contribution in [2.75, 3.05) is 19.4 Å². The van der Waals surface area contributed by atoms with E-state index in [0.717, 1.165) is 69.1 Å². The lowest BCUT2D eigenvalue weighted by Crippen LogP contribution is -2.40. The predicted octanol–water partition coefficient (Wildman–Crippen LogP) is 7.00. The molecular formula is C30H34ClN5OS. The van der Waals surface area contributed by atoms with E-state index in [9.17, 15) is 0 Å². The molecule has 3 N–H and O–H groups in total. The number of nitrogens with two attached hydrogens (primary N) is 1. The van der Waals surface area contributed by atoms with Gasteiger partial charge in [0.25, 0.3) is 0 Å². The summed E-state index contributed by atoms with van der Waals surface area (Å²) in [6.07, 6.45) is 7.95. The molecule has 38 heavy (non-hydrogen) atoms. The number of nitrogens with one attached hydrogen (secondary N) is 1. The maximum absolute atomic E-state index is 6.95. The van der Waals surface area contributed by atoms with Crippen LogP contribution in [-0.4, -0.2) is 40.6 Å². The highest BCUT2D eigenvalue weighted by atomic mass is 35.5. The van der Waals surface area contributed by atoms with Gasteiger partial charge >= 0.3 is 0 Å². The van der Waals surface area contributed by atoms with Crippen LogP contribution >= 0.6 is 22.9 Å². The molecule has 1 saturated carbocycles. The number of rotatable bonds is 9. The van der Waals surface area contributed by atoms with Gasteiger partial charge in [-0.25, -0.2) is 9.97 Å². The molecule has 2 aromatic carbocycles. The Kier molecular flexibility index (Phi) is 8.17. The van der Waals surface area contributed by atoms with Crippen LogP contribution in [0, 0.1) is 0 Å². The maximum atomic E-state index is 6.95. The molecule has 1 fully saturated rings. The van der Waals surface area contributed by atoms with Crippen LogP contribution in [0.4, 0.5) is 5.95 Å². The molecule has 0 amide bonds. The van der Waals surface area contributed by atoms with Crippen LogP contribution < -0.4 is 15.8 Å². The number of ether oxygens (including phenoxy) is 1. The maximum Gasteiger partial charge on any atom is 0.219 e. The number of thiophene rings is 1. The third kappa shape index (κ3) is 5.51. The highest BCUT2D eigenvalue weighted by molar-refractivity contribution is 7.20. The van der Waals surface area contributed by atoms with Crippen molar-refractivity contribution < 1.29 is 4.74 Å². The fourth-order valence-electron chi connectivity index (χ4n) is 5.30. The van der Waals surface area contributed by atoms with Gasteiger partial charge in [-0.15, -0.1) is 11.3 Å². The summed E-state index contributed by atoms with van der Waals surface area (Å²) in [4.78, 5) is 11.8. The Balaban J connectivity index is 1.53. The summed E-state index contributed by atoms with van der Waals surface area (Å²) in [5.74, 6) is 1.14. The number of aromatic nitrogens is 2. The summed E-state index contributed by atoms with van der Waals surface area (Å²) in [6, 6.07) is 15.5. The number of nitrogens with zero attached hydrogens (tertiary/aromatic N) is 3. The summed E-state index contributed by atoms with van der Waals surface area (Å²) < 4.78 is 7.26. The van der Waals surface area contributed by atoms with Gasteiger partial charge in [-0.05, 0) is 63.4 Å². The number of hydrogen-bond donors (Lipinski definition) is 2. The summed E-state index contributed by atoms with van der Waals surface area (Å²) in [5, 5.41) is 5.31. The highest BCUT2D eigenvalue weighted by Gasteiger charge is 2.29. The van der Waals surface area contributed by atoms with Crippen LogP contribution in [0.25, 0.3) is 26.9 Å². The smallest absolute Gasteiger partial charge is 0.219 e. The zero-order valence-corrected chi connectivity index (χ0v) is 23.5. The first kappa shape index (κ1) is 26.5. The van der Waals surface area contributed by atoms with Gasteiger partial charge in [0.15, 0.2) is 0 Å². The minimum atomic E-state index is 0.264. The van der Waals surface area contributed by atoms with Gasteiger partial charge in [-0.2, -0.15) is 0 Å². The molecular weight excluding hydrogens is 514 g/mol. The molecule has 0 atom stereocenters. The zero-order valence-electron chi connectivity index (χ0n) is 21.9. The van der Waals surface area contributed by atoms with Crippen LogP contribution in [-0.2, 0) is 6.54 Å². The number of benzene rings is 2. The van der Waals surface area contributed by atoms with E-state index in [2.05, 4.69) is 58.1 Å². The second-order valence-electron chi connectivity index (χ2n) is 9.70. The highest BCUT2D eigenvalue weighted by Crippen LogP contribution is 2.42. The normalized spacial score (nSPS) is 17.4. The van der Waals surface area contributed by atoms with Crippen LogP contribution in [0.5, 0.6) is 5.75 Å². The average molecular weight is 548 g/mol. The quantitative estimate of drug-likeness (QED) is 0.235. The third-order valence-electron chi connectivity index (χ3n) is 7.40. The summed E-state index contributed by atoms with van der Waals surface area (Å²) in [5.41, 5.74) is 9.71. The Bertz CT molecular complexity index is 1410. The van der Waals surface area contributed by atoms with Crippen molar-refractivity contribution in [1.82, 2.24) is 20.2 Å². The Labute approximate surface area is 233 Å². The Morgan fingerprint density at radius 1 is 1.13 bits per heavy atom. The van der Waals surface area contributed by atoms with Crippen molar-refractivity contribution in [3.8, 4) is 16.9 Å². The van der Waals surface area contributed by atoms with Crippen molar-refractivity contribution in [2.24, 2.45) is 0 Å². The molecule has 0 aliphatic heterocycles. The molecule has 198 valence electrons. The molecule has 2 heterocycles. The molecule has 1 aliphatic rings. The fourth-order valence-corrected chi connectivity index (χ4v) is 6.83. The van der Waals surface area contributed by atoms with Crippen molar-refractivity contribution >= 4 is 44.7 Å². The standard InChI is InChI=1S/C30H34ClN5OS/c1-4-37-26-14-9-20(22-16-34-30(32)35-17-22)15-21(26)18-36(24-12-10-23(33-3)11-13-24)19(2)29-28(31)25-7-5-6-8-27(25)38-29/h5-9,14-17,23-24,33H,2,4,10-13,18H2,1,3H3,(H2,32,34,35). The van der Waals surface area contributed by atoms with Crippen molar-refractivity contribution in [3.63, 3.8) is 0 Å². The summed E-state index contributed by atoms with van der Waals surface area (Å²) >= 11 is 8.66. The average Bonchev–Trinajstić information content (AvgIpc) is 3.29. The summed E-state index contributed by atoms with van der Waals surface area (Å²) in [6.45, 7) is 7.89. The van der Waals surface area contributed by atoms with Crippen LogP contribution in [0.3, 0.4) is 0 Å². The molecule has 0 radical (unpaired) electrons. The number of hydrogen-bond acceptors (Lipinski definition) is 7. The molecule has 6 nitrogen and oxygen atoms in total. The molecule has 0 saturated heterocycles. The molecule has 5 rings (SSSR count). The predicted molar refractivity (Wildman–Crippen MR) is 160 cm³/mol. The first-order valence-electron chi connectivity index (χ1n) is 13.1. The fraction of sp³-hybridized carbons (Fsp3) is 0.333. The lowest BCUT2D eigenvalue weighted by atomic mass is 9.89. The largest absolute Gasteiger partial charge is 0.494 e. The van der Waals surface area contributed by atoms with E-state index < -0.39 is 0 Å². The first-order chi connectivity index (χ1) is 18.5. The van der Waals surface area contributed by atoms with Crippen LogP contribution in [0.2, 0.25) is 5.02 Å². The van der Waals surface area contributed by atoms with Gasteiger partial charge in [0.2, 0.25) is 5.95 Å². The molecule has 8 heteroatoms. The SMILES string of the molecule is C=C(c1sc2ccccc2c1Cl)N(Cc1cc(-c2cnc(N)nc2)ccc1OCC)C1CCC(NC)CC1. The lowest BCUT2D eigenvalue weighted by Gasteiger charge is -2.39. The van der Waals surface area contributed by atoms with Gasteiger partial charge in [0, 0.05) is 57.9 Å². The second kappa shape index (κ2) is 11.7. The number of fused-ring (bicyclic) bond motifs is 1. The lowest BCUT2D eigenvalue weighted by molar-refractivity contribution is 0.203. The van der Waals surface area contributed by atoms with Gasteiger partial charge in [0.1, 0.15) is 5.75 Å². The summed E-state index contributed by atoms with van der Waals surface area (Å²) in [7, 11) is 2.06. The van der Waals surface area contributed by atoms with E-state index in [4.69, 9.17) is 22.1 Å². The molecule has 0 bridgehead atoms.